The Bertz CT molecular complexity index is 142. The molecule has 0 aliphatic carbocycles. The van der Waals surface area contributed by atoms with E-state index in [9.17, 15) is 4.79 Å². The van der Waals surface area contributed by atoms with Crippen LogP contribution in [0, 0.1) is 5.41 Å². The predicted molar refractivity (Wildman–Crippen MR) is 51.4 cm³/mol. The molecule has 0 unspecified atom stereocenters. The molecule has 0 aromatic rings. The number of aliphatic hydroxyl groups excluding tert-OH is 1. The lowest BCUT2D eigenvalue weighted by Gasteiger charge is -2.27. The number of carbonyl (C=O) groups excluding carboxylic acids is 1. The molecule has 0 saturated heterocycles. The van der Waals surface area contributed by atoms with E-state index in [1.165, 1.54) is 0 Å². The van der Waals surface area contributed by atoms with Crippen LogP contribution in [-0.2, 0) is 9.53 Å². The van der Waals surface area contributed by atoms with Crippen molar-refractivity contribution in [3.8, 4) is 0 Å². The predicted octanol–water partition coefficient (Wildman–Crippen LogP) is 1.74. The van der Waals surface area contributed by atoms with Gasteiger partial charge >= 0.3 is 5.97 Å². The standard InChI is InChI=1S/C10H20O3/c1-4-10(5-2,6-3)9(12)13-8-7-11/h11H,4-8H2,1-3H3. The molecule has 0 heterocycles. The highest BCUT2D eigenvalue weighted by molar-refractivity contribution is 5.76. The highest BCUT2D eigenvalue weighted by Crippen LogP contribution is 2.31. The lowest BCUT2D eigenvalue weighted by Crippen LogP contribution is -2.31. The van der Waals surface area contributed by atoms with Crippen LogP contribution < -0.4 is 0 Å². The van der Waals surface area contributed by atoms with Crippen LogP contribution in [-0.4, -0.2) is 24.3 Å². The van der Waals surface area contributed by atoms with Crippen molar-refractivity contribution < 1.29 is 14.6 Å². The van der Waals surface area contributed by atoms with Crippen molar-refractivity contribution in [2.75, 3.05) is 13.2 Å². The van der Waals surface area contributed by atoms with E-state index in [0.29, 0.717) is 0 Å². The van der Waals surface area contributed by atoms with Crippen molar-refractivity contribution in [2.45, 2.75) is 40.0 Å². The van der Waals surface area contributed by atoms with Crippen LogP contribution in [0.4, 0.5) is 0 Å². The molecule has 0 atom stereocenters. The van der Waals surface area contributed by atoms with Crippen LogP contribution in [0.1, 0.15) is 40.0 Å². The summed E-state index contributed by atoms with van der Waals surface area (Å²) in [6, 6.07) is 0. The zero-order valence-corrected chi connectivity index (χ0v) is 8.80. The maximum absolute atomic E-state index is 11.6. The zero-order chi connectivity index (χ0) is 10.3. The van der Waals surface area contributed by atoms with E-state index in [1.807, 2.05) is 20.8 Å². The molecule has 0 aromatic heterocycles. The zero-order valence-electron chi connectivity index (χ0n) is 8.80. The van der Waals surface area contributed by atoms with E-state index in [1.54, 1.807) is 0 Å². The first-order valence-corrected chi connectivity index (χ1v) is 4.95. The Balaban J connectivity index is 4.26. The van der Waals surface area contributed by atoms with Gasteiger partial charge < -0.3 is 9.84 Å². The largest absolute Gasteiger partial charge is 0.463 e. The summed E-state index contributed by atoms with van der Waals surface area (Å²) in [5.74, 6) is -0.172. The maximum atomic E-state index is 11.6. The van der Waals surface area contributed by atoms with Gasteiger partial charge in [0, 0.05) is 0 Å². The summed E-state index contributed by atoms with van der Waals surface area (Å²) in [5.41, 5.74) is -0.338. The molecule has 1 N–H and O–H groups in total. The summed E-state index contributed by atoms with van der Waals surface area (Å²) < 4.78 is 4.94. The normalized spacial score (nSPS) is 11.4. The topological polar surface area (TPSA) is 46.5 Å². The van der Waals surface area contributed by atoms with Crippen LogP contribution >= 0.6 is 0 Å². The quantitative estimate of drug-likeness (QED) is 0.646. The van der Waals surface area contributed by atoms with Gasteiger partial charge in [0.25, 0.3) is 0 Å². The molecular weight excluding hydrogens is 168 g/mol. The molecule has 0 saturated carbocycles. The Labute approximate surface area is 80.1 Å². The molecule has 0 spiro atoms. The summed E-state index contributed by atoms with van der Waals surface area (Å²) >= 11 is 0. The molecule has 13 heavy (non-hydrogen) atoms. The second-order valence-corrected chi connectivity index (χ2v) is 3.20. The highest BCUT2D eigenvalue weighted by atomic mass is 16.5. The first kappa shape index (κ1) is 12.4. The summed E-state index contributed by atoms with van der Waals surface area (Å²) in [7, 11) is 0. The van der Waals surface area contributed by atoms with E-state index >= 15 is 0 Å². The summed E-state index contributed by atoms with van der Waals surface area (Å²) in [6.07, 6.45) is 2.39. The van der Waals surface area contributed by atoms with Gasteiger partial charge in [-0.3, -0.25) is 4.79 Å². The summed E-state index contributed by atoms with van der Waals surface area (Å²) in [5, 5.41) is 8.52. The minimum Gasteiger partial charge on any atom is -0.463 e. The Morgan fingerprint density at radius 2 is 1.69 bits per heavy atom. The Morgan fingerprint density at radius 1 is 1.23 bits per heavy atom. The lowest BCUT2D eigenvalue weighted by molar-refractivity contribution is -0.157. The fraction of sp³-hybridized carbons (Fsp3) is 0.900. The monoisotopic (exact) mass is 188 g/mol. The molecule has 3 nitrogen and oxygen atoms in total. The minimum atomic E-state index is -0.338. The highest BCUT2D eigenvalue weighted by Gasteiger charge is 2.34. The number of ether oxygens (including phenoxy) is 1. The van der Waals surface area contributed by atoms with Gasteiger partial charge in [-0.1, -0.05) is 20.8 Å². The van der Waals surface area contributed by atoms with Crippen molar-refractivity contribution in [3.63, 3.8) is 0 Å². The van der Waals surface area contributed by atoms with Crippen LogP contribution in [0.25, 0.3) is 0 Å². The van der Waals surface area contributed by atoms with Crippen molar-refractivity contribution in [1.82, 2.24) is 0 Å². The third kappa shape index (κ3) is 2.99. The molecule has 3 heteroatoms. The van der Waals surface area contributed by atoms with Gasteiger partial charge in [0.05, 0.1) is 12.0 Å². The Morgan fingerprint density at radius 3 is 2.00 bits per heavy atom. The molecule has 78 valence electrons. The summed E-state index contributed by atoms with van der Waals surface area (Å²) in [6.45, 7) is 5.99. The van der Waals surface area contributed by atoms with E-state index in [2.05, 4.69) is 0 Å². The minimum absolute atomic E-state index is 0.0983. The average Bonchev–Trinajstić information content (AvgIpc) is 2.18. The third-order valence-corrected chi connectivity index (χ3v) is 2.79. The van der Waals surface area contributed by atoms with Gasteiger partial charge in [0.15, 0.2) is 0 Å². The fourth-order valence-electron chi connectivity index (χ4n) is 1.47. The van der Waals surface area contributed by atoms with Gasteiger partial charge in [0.2, 0.25) is 0 Å². The molecule has 0 fully saturated rings. The van der Waals surface area contributed by atoms with Crippen molar-refractivity contribution in [2.24, 2.45) is 5.41 Å². The Kier molecular flexibility index (Phi) is 5.71. The van der Waals surface area contributed by atoms with E-state index in [-0.39, 0.29) is 24.6 Å². The van der Waals surface area contributed by atoms with Crippen molar-refractivity contribution >= 4 is 5.97 Å². The van der Waals surface area contributed by atoms with Crippen LogP contribution in [0.5, 0.6) is 0 Å². The number of hydrogen-bond acceptors (Lipinski definition) is 3. The maximum Gasteiger partial charge on any atom is 0.312 e. The molecule has 0 aromatic carbocycles. The SMILES string of the molecule is CCC(CC)(CC)C(=O)OCCO. The average molecular weight is 188 g/mol. The summed E-state index contributed by atoms with van der Waals surface area (Å²) in [4.78, 5) is 11.6. The second-order valence-electron chi connectivity index (χ2n) is 3.20. The van der Waals surface area contributed by atoms with E-state index < -0.39 is 0 Å². The van der Waals surface area contributed by atoms with E-state index in [4.69, 9.17) is 9.84 Å². The number of hydrogen-bond donors (Lipinski definition) is 1. The van der Waals surface area contributed by atoms with Crippen molar-refractivity contribution in [3.05, 3.63) is 0 Å². The first-order chi connectivity index (χ1) is 6.16. The second kappa shape index (κ2) is 5.97. The molecule has 0 radical (unpaired) electrons. The molecule has 0 aliphatic rings. The first-order valence-electron chi connectivity index (χ1n) is 4.95. The number of aliphatic hydroxyl groups is 1. The molecule has 0 amide bonds. The van der Waals surface area contributed by atoms with Gasteiger partial charge in [-0.25, -0.2) is 0 Å². The van der Waals surface area contributed by atoms with Crippen LogP contribution in [0.15, 0.2) is 0 Å². The van der Waals surface area contributed by atoms with Gasteiger partial charge in [-0.15, -0.1) is 0 Å². The van der Waals surface area contributed by atoms with Gasteiger partial charge in [-0.2, -0.15) is 0 Å². The molecule has 0 bridgehead atoms. The molecule has 0 rings (SSSR count). The van der Waals surface area contributed by atoms with Crippen molar-refractivity contribution in [1.29, 1.82) is 0 Å². The molecule has 0 aliphatic heterocycles. The van der Waals surface area contributed by atoms with Gasteiger partial charge in [0.1, 0.15) is 6.61 Å². The fourth-order valence-corrected chi connectivity index (χ4v) is 1.47. The smallest absolute Gasteiger partial charge is 0.312 e. The van der Waals surface area contributed by atoms with Crippen LogP contribution in [0.3, 0.4) is 0 Å². The third-order valence-electron chi connectivity index (χ3n) is 2.79. The van der Waals surface area contributed by atoms with E-state index in [0.717, 1.165) is 19.3 Å². The Hall–Kier alpha value is -0.570. The molecular formula is C10H20O3. The number of rotatable bonds is 6. The number of carbonyl (C=O) groups is 1. The number of esters is 1. The van der Waals surface area contributed by atoms with Crippen LogP contribution in [0.2, 0.25) is 0 Å². The van der Waals surface area contributed by atoms with Gasteiger partial charge in [-0.05, 0) is 19.3 Å². The lowest BCUT2D eigenvalue weighted by atomic mass is 9.80.